The molecule has 5 aromatic carbocycles. The smallest absolute Gasteiger partial charge is 0.336 e. The largest absolute Gasteiger partial charge is 0.494 e. The van der Waals surface area contributed by atoms with Gasteiger partial charge in [0.1, 0.15) is 48.3 Å². The summed E-state index contributed by atoms with van der Waals surface area (Å²) in [6.45, 7) is 1.16. The van der Waals surface area contributed by atoms with Crippen LogP contribution in [0.1, 0.15) is 46.4 Å². The lowest BCUT2D eigenvalue weighted by atomic mass is 9.89. The minimum absolute atomic E-state index is 0.0420. The first-order valence-electron chi connectivity index (χ1n) is 26.1. The maximum Gasteiger partial charge on any atom is 0.336 e. The summed E-state index contributed by atoms with van der Waals surface area (Å²) in [5.41, 5.74) is 5.95. The summed E-state index contributed by atoms with van der Waals surface area (Å²) < 4.78 is 19.4. The molecule has 2 heterocycles. The molecule has 0 radical (unpaired) electrons. The van der Waals surface area contributed by atoms with Gasteiger partial charge in [0, 0.05) is 136 Å². The van der Waals surface area contributed by atoms with E-state index in [0.29, 0.717) is 99.4 Å². The van der Waals surface area contributed by atoms with E-state index < -0.39 is 22.0 Å². The number of rotatable bonds is 24. The van der Waals surface area contributed by atoms with E-state index in [2.05, 4.69) is 31.1 Å². The fourth-order valence-corrected chi connectivity index (χ4v) is 10.1. The Hall–Kier alpha value is -9.51. The number of thioether (sulfide) groups is 1. The highest BCUT2D eigenvalue weighted by atomic mass is 32.2. The lowest BCUT2D eigenvalue weighted by Crippen LogP contribution is -2.35. The van der Waals surface area contributed by atoms with E-state index in [9.17, 15) is 39.2 Å². The molecule has 2 aliphatic heterocycles. The molecule has 8 rings (SSSR count). The molecule has 424 valence electrons. The van der Waals surface area contributed by atoms with Crippen LogP contribution in [-0.2, 0) is 14.4 Å². The van der Waals surface area contributed by atoms with Gasteiger partial charge in [-0.25, -0.2) is 9.37 Å². The molecule has 3 aliphatic rings. The van der Waals surface area contributed by atoms with Gasteiger partial charge in [-0.05, 0) is 85.1 Å². The molecule has 0 aromatic heterocycles. The van der Waals surface area contributed by atoms with Gasteiger partial charge in [-0.1, -0.05) is 6.07 Å². The Morgan fingerprint density at radius 1 is 0.780 bits per heavy atom. The number of carbonyl (C=O) groups excluding carboxylic acids is 4. The molecule has 1 aliphatic carbocycles. The number of benzene rings is 6. The molecular weight excluding hydrogens is 1070 g/mol. The number of amides is 4. The third-order valence-corrected chi connectivity index (χ3v) is 14.8. The minimum Gasteiger partial charge on any atom is -0.494 e. The average Bonchev–Trinajstić information content (AvgIpc) is 2.29. The van der Waals surface area contributed by atoms with Crippen molar-refractivity contribution in [1.29, 1.82) is 0 Å². The van der Waals surface area contributed by atoms with Crippen molar-refractivity contribution < 1.29 is 47.9 Å². The highest BCUT2D eigenvalue weighted by molar-refractivity contribution is 8.00. The molecule has 4 amide bonds. The lowest BCUT2D eigenvalue weighted by Gasteiger charge is -2.19. The Morgan fingerprint density at radius 2 is 1.43 bits per heavy atom. The van der Waals surface area contributed by atoms with Crippen molar-refractivity contribution in [1.82, 2.24) is 20.1 Å². The van der Waals surface area contributed by atoms with Gasteiger partial charge in [0.25, 0.3) is 11.6 Å². The summed E-state index contributed by atoms with van der Waals surface area (Å²) in [7, 11) is 12.6. The highest BCUT2D eigenvalue weighted by Crippen LogP contribution is 2.43. The summed E-state index contributed by atoms with van der Waals surface area (Å²) in [6, 6.07) is 32.4. The summed E-state index contributed by atoms with van der Waals surface area (Å²) in [5.74, 6) is -0.711. The normalized spacial score (nSPS) is 13.3. The van der Waals surface area contributed by atoms with E-state index in [1.165, 1.54) is 61.2 Å². The van der Waals surface area contributed by atoms with E-state index >= 15 is 0 Å². The number of hydrogen-bond donors (Lipinski definition) is 3. The zero-order valence-electron chi connectivity index (χ0n) is 46.4. The Kier molecular flexibility index (Phi) is 19.0. The number of nitro groups is 1. The van der Waals surface area contributed by atoms with E-state index in [-0.39, 0.29) is 60.5 Å². The van der Waals surface area contributed by atoms with Crippen LogP contribution in [0.5, 0.6) is 11.5 Å². The van der Waals surface area contributed by atoms with E-state index in [0.717, 1.165) is 16.7 Å². The van der Waals surface area contributed by atoms with Gasteiger partial charge in [0.2, 0.25) is 23.1 Å². The number of fused-ring (bicyclic) bond motifs is 2. The Labute approximate surface area is 476 Å². The summed E-state index contributed by atoms with van der Waals surface area (Å²) in [5, 5.41) is 45.4. The van der Waals surface area contributed by atoms with Crippen LogP contribution in [-0.4, -0.2) is 131 Å². The van der Waals surface area contributed by atoms with E-state index in [1.807, 2.05) is 110 Å². The second-order valence-electron chi connectivity index (χ2n) is 19.5. The molecule has 5 aromatic rings. The van der Waals surface area contributed by atoms with Gasteiger partial charge in [-0.2, -0.15) is 10.2 Å². The number of carboxylic acids is 1. The zero-order valence-corrected chi connectivity index (χ0v) is 47.2. The van der Waals surface area contributed by atoms with Crippen LogP contribution in [0, 0.1) is 10.1 Å². The van der Waals surface area contributed by atoms with Gasteiger partial charge in [-0.3, -0.25) is 34.2 Å². The number of nitrogens with one attached hydrogen (secondary N) is 2. The molecule has 23 heteroatoms. The summed E-state index contributed by atoms with van der Waals surface area (Å²) in [4.78, 5) is 80.9. The second kappa shape index (κ2) is 26.6. The first-order valence-corrected chi connectivity index (χ1v) is 27.2. The van der Waals surface area contributed by atoms with E-state index in [1.54, 1.807) is 24.3 Å². The maximum absolute atomic E-state index is 13.4. The minimum atomic E-state index is -1.20. The molecule has 1 atom stereocenters. The standard InChI is InChI=1S/C59H61N11O11S/c1-66(2)41-20-23-44-49(31-41)81-50-32-42(67(3)4)21-24-45(50)56(44)43-22-11-36(30-46(43)59(75)76)57(73)61-25-9-28-69-55(72)35-53(58(69)74)82-29-26-60-54(71)10-8-27-68(5)39-16-12-37(13-17-39)62-64-47-33-52(80-7)48(34-51(47)79-6)65-63-38-14-18-40(19-15-38)70(77)78/h11-24,30-34,53H,8-10,25-29,35H2,1-7H3,(H2-,60,61,71,73,75,76)/p+1. The number of methoxy groups -OCH3 is 2. The third kappa shape index (κ3) is 14.1. The highest BCUT2D eigenvalue weighted by Gasteiger charge is 2.38. The van der Waals surface area contributed by atoms with Crippen LogP contribution in [0.15, 0.2) is 140 Å². The predicted octanol–water partition coefficient (Wildman–Crippen LogP) is 9.77. The average molecular weight is 1130 g/mol. The van der Waals surface area contributed by atoms with E-state index in [4.69, 9.17) is 13.9 Å². The van der Waals surface area contributed by atoms with Gasteiger partial charge < -0.3 is 39.4 Å². The third-order valence-electron chi connectivity index (χ3n) is 13.6. The van der Waals surface area contributed by atoms with Crippen molar-refractivity contribution >= 4 is 92.1 Å². The number of nitro benzene ring substituents is 1. The van der Waals surface area contributed by atoms with Crippen LogP contribution in [0.2, 0.25) is 0 Å². The van der Waals surface area contributed by atoms with Crippen LogP contribution < -0.4 is 39.8 Å². The molecule has 0 bridgehead atoms. The van der Waals surface area contributed by atoms with Crippen molar-refractivity contribution in [2.45, 2.75) is 30.9 Å². The molecule has 1 unspecified atom stereocenters. The van der Waals surface area contributed by atoms with Gasteiger partial charge in [0.05, 0.1) is 47.4 Å². The number of aromatic carboxylic acids is 1. The monoisotopic (exact) mass is 1130 g/mol. The number of likely N-dealkylation sites (tertiary alicyclic amines) is 1. The quantitative estimate of drug-likeness (QED) is 0.00967. The Balaban J connectivity index is 0.756. The van der Waals surface area contributed by atoms with Crippen molar-refractivity contribution in [3.05, 3.63) is 142 Å². The topological polar surface area (TPSA) is 267 Å². The molecule has 3 N–H and O–H groups in total. The van der Waals surface area contributed by atoms with Crippen LogP contribution >= 0.6 is 11.8 Å². The Bertz CT molecular complexity index is 3660. The number of ether oxygens (including phenoxy) is 2. The van der Waals surface area contributed by atoms with Gasteiger partial charge >= 0.3 is 5.97 Å². The first kappa shape index (κ1) is 58.6. The predicted molar refractivity (Wildman–Crippen MR) is 314 cm³/mol. The van der Waals surface area contributed by atoms with Crippen LogP contribution in [0.25, 0.3) is 33.4 Å². The van der Waals surface area contributed by atoms with Crippen molar-refractivity contribution in [3.8, 4) is 33.9 Å². The first-order chi connectivity index (χ1) is 39.4. The maximum atomic E-state index is 13.4. The van der Waals surface area contributed by atoms with Crippen molar-refractivity contribution in [3.63, 3.8) is 0 Å². The summed E-state index contributed by atoms with van der Waals surface area (Å²) in [6.07, 6.45) is 1.20. The second-order valence-corrected chi connectivity index (χ2v) is 20.8. The SMILES string of the molecule is COc1cc(N=Nc2ccc([N+](=O)[O-])cc2)c(OC)cc1N=Nc1ccc(N(C)CCCC(=O)NCCSC2CC(=O)N(CCCNC(=O)c3ccc(-c4c5ccc(=[N+](C)C)cc-5oc5cc(N(C)C)ccc45)c(C(=O)O)c3)C2=O)cc1. The number of carbonyl (C=O) groups is 5. The molecule has 0 saturated carbocycles. The number of imide groups is 1. The fourth-order valence-electron chi connectivity index (χ4n) is 9.10. The number of azo groups is 2. The van der Waals surface area contributed by atoms with Crippen LogP contribution in [0.4, 0.5) is 39.8 Å². The number of carboxylic acid groups (broad SMARTS) is 1. The number of hydrogen-bond acceptors (Lipinski definition) is 17. The Morgan fingerprint density at radius 3 is 2.05 bits per heavy atom. The number of nitrogens with zero attached hydrogens (tertiary/aromatic N) is 9. The molecule has 1 saturated heterocycles. The molecule has 82 heavy (non-hydrogen) atoms. The molecule has 0 spiro atoms. The fraction of sp³-hybridized carbons (Fsp3) is 0.288. The number of anilines is 2. The number of non-ortho nitro benzene ring substituents is 1. The van der Waals surface area contributed by atoms with Crippen LogP contribution in [0.3, 0.4) is 0 Å². The summed E-state index contributed by atoms with van der Waals surface area (Å²) >= 11 is 1.32. The lowest BCUT2D eigenvalue weighted by molar-refractivity contribution is -0.384. The zero-order chi connectivity index (χ0) is 58.6. The van der Waals surface area contributed by atoms with Crippen molar-refractivity contribution in [2.24, 2.45) is 20.5 Å². The van der Waals surface area contributed by atoms with Gasteiger partial charge in [0.15, 0.2) is 0 Å². The molecular formula is C59H62N11O11S+. The van der Waals surface area contributed by atoms with Crippen molar-refractivity contribution in [2.75, 3.05) is 91.2 Å². The molecule has 1 fully saturated rings. The molecule has 22 nitrogen and oxygen atoms in total. The van der Waals surface area contributed by atoms with Gasteiger partial charge in [-0.15, -0.1) is 22.0 Å².